The van der Waals surface area contributed by atoms with Gasteiger partial charge in [0.15, 0.2) is 0 Å². The molecule has 2 atom stereocenters. The van der Waals surface area contributed by atoms with Crippen LogP contribution in [-0.2, 0) is 0 Å². The molecule has 1 saturated carbocycles. The second kappa shape index (κ2) is 6.38. The maximum Gasteiger partial charge on any atom is 0.321 e. The summed E-state index contributed by atoms with van der Waals surface area (Å²) >= 11 is 0. The summed E-state index contributed by atoms with van der Waals surface area (Å²) in [5, 5.41) is 5.90. The first-order chi connectivity index (χ1) is 10.6. The molecule has 2 N–H and O–H groups in total. The van der Waals surface area contributed by atoms with E-state index in [4.69, 9.17) is 0 Å². The number of hydrogen-bond acceptors (Lipinski definition) is 2. The molecule has 0 aromatic heterocycles. The second-order valence-corrected chi connectivity index (χ2v) is 6.37. The van der Waals surface area contributed by atoms with Gasteiger partial charge < -0.3 is 10.6 Å². The predicted molar refractivity (Wildman–Crippen MR) is 86.1 cm³/mol. The number of benzene rings is 1. The highest BCUT2D eigenvalue weighted by Crippen LogP contribution is 2.24. The van der Waals surface area contributed by atoms with E-state index in [9.17, 15) is 9.59 Å². The van der Waals surface area contributed by atoms with Gasteiger partial charge in [0.05, 0.1) is 0 Å². The summed E-state index contributed by atoms with van der Waals surface area (Å²) in [5.41, 5.74) is 1.49. The maximum absolute atomic E-state index is 12.3. The van der Waals surface area contributed by atoms with Crippen molar-refractivity contribution in [1.29, 1.82) is 0 Å². The van der Waals surface area contributed by atoms with Gasteiger partial charge in [-0.25, -0.2) is 4.79 Å². The average Bonchev–Trinajstić information content (AvgIpc) is 2.93. The zero-order chi connectivity index (χ0) is 15.5. The van der Waals surface area contributed by atoms with Crippen LogP contribution in [0.1, 0.15) is 43.0 Å². The number of amides is 3. The van der Waals surface area contributed by atoms with E-state index in [0.717, 1.165) is 18.5 Å². The van der Waals surface area contributed by atoms with E-state index in [1.807, 2.05) is 12.1 Å². The smallest absolute Gasteiger partial charge is 0.321 e. The highest BCUT2D eigenvalue weighted by Gasteiger charge is 2.22. The Morgan fingerprint density at radius 3 is 2.68 bits per heavy atom. The normalized spacial score (nSPS) is 25.0. The number of rotatable bonds is 3. The lowest BCUT2D eigenvalue weighted by molar-refractivity contribution is 0.0921. The van der Waals surface area contributed by atoms with Gasteiger partial charge in [-0.15, -0.1) is 0 Å². The minimum Gasteiger partial charge on any atom is -0.349 e. The van der Waals surface area contributed by atoms with Gasteiger partial charge in [-0.2, -0.15) is 0 Å². The van der Waals surface area contributed by atoms with E-state index in [1.165, 1.54) is 12.8 Å². The molecule has 2 fully saturated rings. The SMILES string of the molecule is CC1CCCC(NC(=O)c2ccc(N3CCNC3=O)cc2)C1. The molecule has 0 radical (unpaired) electrons. The summed E-state index contributed by atoms with van der Waals surface area (Å²) in [6, 6.07) is 7.48. The minimum atomic E-state index is -0.0756. The standard InChI is InChI=1S/C17H23N3O2/c1-12-3-2-4-14(11-12)19-16(21)13-5-7-15(8-6-13)20-10-9-18-17(20)22/h5-8,12,14H,2-4,9-11H2,1H3,(H,18,22)(H,19,21). The quantitative estimate of drug-likeness (QED) is 0.901. The van der Waals surface area contributed by atoms with E-state index in [2.05, 4.69) is 17.6 Å². The first-order valence-corrected chi connectivity index (χ1v) is 8.10. The average molecular weight is 301 g/mol. The van der Waals surface area contributed by atoms with E-state index in [-0.39, 0.29) is 11.9 Å². The van der Waals surface area contributed by atoms with Crippen LogP contribution in [0.15, 0.2) is 24.3 Å². The molecule has 118 valence electrons. The zero-order valence-corrected chi connectivity index (χ0v) is 13.0. The molecule has 1 heterocycles. The first kappa shape index (κ1) is 14.9. The van der Waals surface area contributed by atoms with Gasteiger partial charge in [0.2, 0.25) is 0 Å². The summed E-state index contributed by atoms with van der Waals surface area (Å²) in [7, 11) is 0. The number of nitrogens with zero attached hydrogens (tertiary/aromatic N) is 1. The molecule has 1 aromatic rings. The highest BCUT2D eigenvalue weighted by atomic mass is 16.2. The van der Waals surface area contributed by atoms with E-state index < -0.39 is 0 Å². The van der Waals surface area contributed by atoms with Crippen LogP contribution in [0, 0.1) is 5.92 Å². The highest BCUT2D eigenvalue weighted by molar-refractivity contribution is 5.97. The number of carbonyl (C=O) groups excluding carboxylic acids is 2. The number of hydrogen-bond donors (Lipinski definition) is 2. The van der Waals surface area contributed by atoms with Crippen molar-refractivity contribution in [1.82, 2.24) is 10.6 Å². The third-order valence-corrected chi connectivity index (χ3v) is 4.57. The lowest BCUT2D eigenvalue weighted by Crippen LogP contribution is -2.38. The van der Waals surface area contributed by atoms with Gasteiger partial charge in [-0.3, -0.25) is 9.69 Å². The molecule has 1 aliphatic heterocycles. The van der Waals surface area contributed by atoms with Crippen molar-refractivity contribution in [3.05, 3.63) is 29.8 Å². The first-order valence-electron chi connectivity index (χ1n) is 8.10. The van der Waals surface area contributed by atoms with Gasteiger partial charge in [0.1, 0.15) is 0 Å². The fraction of sp³-hybridized carbons (Fsp3) is 0.529. The monoisotopic (exact) mass is 301 g/mol. The second-order valence-electron chi connectivity index (χ2n) is 6.37. The topological polar surface area (TPSA) is 61.4 Å². The van der Waals surface area contributed by atoms with Crippen LogP contribution in [0.25, 0.3) is 0 Å². The molecule has 1 aliphatic carbocycles. The molecule has 0 spiro atoms. The molecule has 22 heavy (non-hydrogen) atoms. The van der Waals surface area contributed by atoms with Crippen molar-refractivity contribution in [3.8, 4) is 0 Å². The Kier molecular flexibility index (Phi) is 4.32. The predicted octanol–water partition coefficient (Wildman–Crippen LogP) is 2.52. The Labute approximate surface area is 131 Å². The van der Waals surface area contributed by atoms with Gasteiger partial charge >= 0.3 is 6.03 Å². The Hall–Kier alpha value is -2.04. The number of carbonyl (C=O) groups is 2. The Bertz CT molecular complexity index is 556. The fourth-order valence-corrected chi connectivity index (χ4v) is 3.34. The van der Waals surface area contributed by atoms with Crippen molar-refractivity contribution >= 4 is 17.6 Å². The van der Waals surface area contributed by atoms with E-state index >= 15 is 0 Å². The molecule has 2 aliphatic rings. The van der Waals surface area contributed by atoms with Gasteiger partial charge in [0, 0.05) is 30.4 Å². The molecule has 3 rings (SSSR count). The third kappa shape index (κ3) is 3.24. The maximum atomic E-state index is 12.3. The van der Waals surface area contributed by atoms with Crippen molar-refractivity contribution < 1.29 is 9.59 Å². The summed E-state index contributed by atoms with van der Waals surface area (Å²) in [5.74, 6) is 0.673. The van der Waals surface area contributed by atoms with Crippen molar-refractivity contribution in [2.45, 2.75) is 38.6 Å². The third-order valence-electron chi connectivity index (χ3n) is 4.57. The summed E-state index contributed by atoms with van der Waals surface area (Å²) in [4.78, 5) is 25.6. The lowest BCUT2D eigenvalue weighted by Gasteiger charge is -2.27. The van der Waals surface area contributed by atoms with Gasteiger partial charge in [-0.1, -0.05) is 19.8 Å². The number of nitrogens with one attached hydrogen (secondary N) is 2. The van der Waals surface area contributed by atoms with Crippen LogP contribution in [0.3, 0.4) is 0 Å². The Balaban J connectivity index is 1.62. The van der Waals surface area contributed by atoms with Crippen LogP contribution in [0.5, 0.6) is 0 Å². The fourth-order valence-electron chi connectivity index (χ4n) is 3.34. The van der Waals surface area contributed by atoms with Gasteiger partial charge in [-0.05, 0) is 43.0 Å². The van der Waals surface area contributed by atoms with Crippen LogP contribution in [0.2, 0.25) is 0 Å². The Morgan fingerprint density at radius 2 is 2.05 bits per heavy atom. The molecule has 2 unspecified atom stereocenters. The molecule has 1 saturated heterocycles. The Morgan fingerprint density at radius 1 is 1.27 bits per heavy atom. The van der Waals surface area contributed by atoms with Crippen LogP contribution < -0.4 is 15.5 Å². The minimum absolute atomic E-state index is 0.0171. The lowest BCUT2D eigenvalue weighted by atomic mass is 9.87. The van der Waals surface area contributed by atoms with Crippen LogP contribution >= 0.6 is 0 Å². The van der Waals surface area contributed by atoms with Crippen molar-refractivity contribution in [2.75, 3.05) is 18.0 Å². The molecule has 1 aromatic carbocycles. The van der Waals surface area contributed by atoms with Crippen LogP contribution in [-0.4, -0.2) is 31.1 Å². The largest absolute Gasteiger partial charge is 0.349 e. The molecular formula is C17H23N3O2. The number of urea groups is 1. The summed E-state index contributed by atoms with van der Waals surface area (Å²) in [6.45, 7) is 3.58. The molecule has 5 heteroatoms. The molecule has 0 bridgehead atoms. The van der Waals surface area contributed by atoms with E-state index in [0.29, 0.717) is 30.6 Å². The van der Waals surface area contributed by atoms with Crippen molar-refractivity contribution in [3.63, 3.8) is 0 Å². The van der Waals surface area contributed by atoms with Crippen LogP contribution in [0.4, 0.5) is 10.5 Å². The van der Waals surface area contributed by atoms with Gasteiger partial charge in [0.25, 0.3) is 5.91 Å². The number of anilines is 1. The molecule has 5 nitrogen and oxygen atoms in total. The zero-order valence-electron chi connectivity index (χ0n) is 13.0. The molecular weight excluding hydrogens is 278 g/mol. The summed E-state index contributed by atoms with van der Waals surface area (Å²) < 4.78 is 0. The van der Waals surface area contributed by atoms with Crippen molar-refractivity contribution in [2.24, 2.45) is 5.92 Å². The summed E-state index contributed by atoms with van der Waals surface area (Å²) in [6.07, 6.45) is 4.59. The molecule has 3 amide bonds. The van der Waals surface area contributed by atoms with E-state index in [1.54, 1.807) is 17.0 Å².